The molecule has 0 bridgehead atoms. The SMILES string of the molecule is CCCCCCCCCN1C(=O)CC(C)(C)c2cc(C(=O)C=Cc3ccc(C(=O)O)cc3)ccc21. The Hall–Kier alpha value is -3.21. The van der Waals surface area contributed by atoms with Gasteiger partial charge in [0.05, 0.1) is 5.56 Å². The third kappa shape index (κ3) is 6.91. The number of carboxylic acid groups (broad SMARTS) is 1. The summed E-state index contributed by atoms with van der Waals surface area (Å²) in [5.41, 5.74) is 3.16. The van der Waals surface area contributed by atoms with Crippen LogP contribution < -0.4 is 4.90 Å². The largest absolute Gasteiger partial charge is 0.478 e. The van der Waals surface area contributed by atoms with Gasteiger partial charge in [0, 0.05) is 29.6 Å². The molecule has 0 atom stereocenters. The number of rotatable bonds is 12. The molecule has 2 aromatic rings. The first-order valence-electron chi connectivity index (χ1n) is 12.7. The summed E-state index contributed by atoms with van der Waals surface area (Å²) >= 11 is 0. The number of amides is 1. The Morgan fingerprint density at radius 3 is 2.23 bits per heavy atom. The molecule has 0 radical (unpaired) electrons. The standard InChI is InChI=1S/C30H37NO4/c1-4-5-6-7-8-9-10-19-31-26-17-16-24(20-25(26)30(2,3)21-28(31)33)27(32)18-13-22-11-14-23(15-12-22)29(34)35/h11-18,20H,4-10,19,21H2,1-3H3,(H,34,35). The van der Waals surface area contributed by atoms with Gasteiger partial charge in [0.1, 0.15) is 0 Å². The fraction of sp³-hybridized carbons (Fsp3) is 0.433. The van der Waals surface area contributed by atoms with Crippen LogP contribution in [0.1, 0.15) is 104 Å². The summed E-state index contributed by atoms with van der Waals surface area (Å²) in [6.07, 6.45) is 12.0. The summed E-state index contributed by atoms with van der Waals surface area (Å²) in [5, 5.41) is 9.02. The maximum Gasteiger partial charge on any atom is 0.335 e. The Morgan fingerprint density at radius 1 is 0.943 bits per heavy atom. The third-order valence-corrected chi connectivity index (χ3v) is 6.77. The molecule has 0 aromatic heterocycles. The minimum atomic E-state index is -0.979. The molecule has 5 heteroatoms. The fourth-order valence-electron chi connectivity index (χ4n) is 4.65. The van der Waals surface area contributed by atoms with E-state index in [2.05, 4.69) is 20.8 Å². The second-order valence-corrected chi connectivity index (χ2v) is 10.1. The van der Waals surface area contributed by atoms with Crippen LogP contribution in [0.4, 0.5) is 5.69 Å². The topological polar surface area (TPSA) is 74.7 Å². The Bertz CT molecular complexity index is 1080. The zero-order valence-electron chi connectivity index (χ0n) is 21.2. The van der Waals surface area contributed by atoms with Crippen molar-refractivity contribution >= 4 is 29.4 Å². The number of carbonyl (C=O) groups excluding carboxylic acids is 2. The first-order valence-corrected chi connectivity index (χ1v) is 12.7. The highest BCUT2D eigenvalue weighted by atomic mass is 16.4. The van der Waals surface area contributed by atoms with Gasteiger partial charge in [-0.05, 0) is 54.0 Å². The molecule has 3 rings (SSSR count). The number of carbonyl (C=O) groups is 3. The number of hydrogen-bond donors (Lipinski definition) is 1. The molecule has 2 aromatic carbocycles. The first kappa shape index (κ1) is 26.4. The highest BCUT2D eigenvalue weighted by Crippen LogP contribution is 2.41. The molecule has 1 aliphatic rings. The Kier molecular flexibility index (Phi) is 9.02. The van der Waals surface area contributed by atoms with Crippen molar-refractivity contribution in [3.63, 3.8) is 0 Å². The molecule has 35 heavy (non-hydrogen) atoms. The molecule has 1 amide bonds. The van der Waals surface area contributed by atoms with E-state index in [1.807, 2.05) is 17.0 Å². The van der Waals surface area contributed by atoms with E-state index < -0.39 is 5.97 Å². The molecular weight excluding hydrogens is 438 g/mol. The van der Waals surface area contributed by atoms with Gasteiger partial charge in [-0.15, -0.1) is 0 Å². The van der Waals surface area contributed by atoms with E-state index in [0.717, 1.165) is 36.2 Å². The average molecular weight is 476 g/mol. The van der Waals surface area contributed by atoms with Crippen LogP contribution >= 0.6 is 0 Å². The Labute approximate surface area is 208 Å². The molecule has 1 N–H and O–H groups in total. The summed E-state index contributed by atoms with van der Waals surface area (Å²) in [6.45, 7) is 7.05. The van der Waals surface area contributed by atoms with E-state index in [0.29, 0.717) is 12.0 Å². The summed E-state index contributed by atoms with van der Waals surface area (Å²) in [6, 6.07) is 12.0. The van der Waals surface area contributed by atoms with Crippen molar-refractivity contribution < 1.29 is 19.5 Å². The first-order chi connectivity index (χ1) is 16.7. The van der Waals surface area contributed by atoms with Crippen LogP contribution in [0.3, 0.4) is 0 Å². The normalized spacial score (nSPS) is 14.8. The maximum absolute atomic E-state index is 12.9. The van der Waals surface area contributed by atoms with Gasteiger partial charge in [0.15, 0.2) is 5.78 Å². The van der Waals surface area contributed by atoms with Crippen LogP contribution in [-0.4, -0.2) is 29.3 Å². The fourth-order valence-corrected chi connectivity index (χ4v) is 4.65. The third-order valence-electron chi connectivity index (χ3n) is 6.77. The lowest BCUT2D eigenvalue weighted by Gasteiger charge is -2.39. The predicted molar refractivity (Wildman–Crippen MR) is 141 cm³/mol. The molecule has 0 unspecified atom stereocenters. The van der Waals surface area contributed by atoms with Crippen molar-refractivity contribution in [1.29, 1.82) is 0 Å². The van der Waals surface area contributed by atoms with Gasteiger partial charge in [-0.2, -0.15) is 0 Å². The quantitative estimate of drug-likeness (QED) is 0.203. The maximum atomic E-state index is 12.9. The number of carboxylic acids is 1. The second kappa shape index (κ2) is 12.0. The molecule has 0 aliphatic carbocycles. The molecule has 186 valence electrons. The van der Waals surface area contributed by atoms with Gasteiger partial charge in [0.25, 0.3) is 0 Å². The highest BCUT2D eigenvalue weighted by Gasteiger charge is 2.36. The minimum Gasteiger partial charge on any atom is -0.478 e. The smallest absolute Gasteiger partial charge is 0.335 e. The molecule has 0 saturated heterocycles. The number of fused-ring (bicyclic) bond motifs is 1. The van der Waals surface area contributed by atoms with Crippen molar-refractivity contribution in [2.24, 2.45) is 0 Å². The lowest BCUT2D eigenvalue weighted by atomic mass is 9.76. The van der Waals surface area contributed by atoms with E-state index in [4.69, 9.17) is 5.11 Å². The highest BCUT2D eigenvalue weighted by molar-refractivity contribution is 6.08. The summed E-state index contributed by atoms with van der Waals surface area (Å²) in [5.74, 6) is -0.952. The summed E-state index contributed by atoms with van der Waals surface area (Å²) < 4.78 is 0. The van der Waals surface area contributed by atoms with Crippen molar-refractivity contribution in [3.8, 4) is 0 Å². The van der Waals surface area contributed by atoms with Crippen molar-refractivity contribution in [3.05, 3.63) is 70.8 Å². The lowest BCUT2D eigenvalue weighted by molar-refractivity contribution is -0.120. The van der Waals surface area contributed by atoms with Crippen molar-refractivity contribution in [2.45, 2.75) is 77.6 Å². The monoisotopic (exact) mass is 475 g/mol. The van der Waals surface area contributed by atoms with Gasteiger partial charge < -0.3 is 10.0 Å². The molecule has 1 heterocycles. The summed E-state index contributed by atoms with van der Waals surface area (Å²) in [4.78, 5) is 38.7. The van der Waals surface area contributed by atoms with Crippen LogP contribution in [0, 0.1) is 0 Å². The van der Waals surface area contributed by atoms with Crippen LogP contribution in [-0.2, 0) is 10.2 Å². The van der Waals surface area contributed by atoms with Gasteiger partial charge in [-0.25, -0.2) is 4.79 Å². The van der Waals surface area contributed by atoms with E-state index in [1.165, 1.54) is 50.3 Å². The average Bonchev–Trinajstić information content (AvgIpc) is 2.83. The van der Waals surface area contributed by atoms with E-state index in [1.54, 1.807) is 24.3 Å². The van der Waals surface area contributed by atoms with E-state index >= 15 is 0 Å². The van der Waals surface area contributed by atoms with Crippen molar-refractivity contribution in [2.75, 3.05) is 11.4 Å². The van der Waals surface area contributed by atoms with E-state index in [-0.39, 0.29) is 22.7 Å². The minimum absolute atomic E-state index is 0.124. The molecule has 0 saturated carbocycles. The number of anilines is 1. The van der Waals surface area contributed by atoms with Crippen LogP contribution in [0.15, 0.2) is 48.5 Å². The predicted octanol–water partition coefficient (Wildman–Crippen LogP) is 7.05. The van der Waals surface area contributed by atoms with Crippen LogP contribution in [0.2, 0.25) is 0 Å². The van der Waals surface area contributed by atoms with Crippen LogP contribution in [0.25, 0.3) is 6.08 Å². The number of benzene rings is 2. The van der Waals surface area contributed by atoms with Gasteiger partial charge in [-0.3, -0.25) is 9.59 Å². The van der Waals surface area contributed by atoms with Crippen molar-refractivity contribution in [1.82, 2.24) is 0 Å². The molecule has 0 spiro atoms. The van der Waals surface area contributed by atoms with Gasteiger partial charge in [-0.1, -0.05) is 77.5 Å². The zero-order valence-corrected chi connectivity index (χ0v) is 21.2. The molecule has 5 nitrogen and oxygen atoms in total. The number of ketones is 1. The Balaban J connectivity index is 1.71. The number of aromatic carboxylic acids is 1. The molecule has 1 aliphatic heterocycles. The van der Waals surface area contributed by atoms with E-state index in [9.17, 15) is 14.4 Å². The van der Waals surface area contributed by atoms with Gasteiger partial charge in [0.2, 0.25) is 5.91 Å². The number of allylic oxidation sites excluding steroid dienone is 1. The number of unbranched alkanes of at least 4 members (excludes halogenated alkanes) is 6. The Morgan fingerprint density at radius 2 is 1.57 bits per heavy atom. The van der Waals surface area contributed by atoms with Crippen LogP contribution in [0.5, 0.6) is 0 Å². The molecular formula is C30H37NO4. The van der Waals surface area contributed by atoms with Gasteiger partial charge >= 0.3 is 5.97 Å². The lowest BCUT2D eigenvalue weighted by Crippen LogP contribution is -2.42. The number of hydrogen-bond acceptors (Lipinski definition) is 3. The second-order valence-electron chi connectivity index (χ2n) is 10.1. The zero-order chi connectivity index (χ0) is 25.4. The summed E-state index contributed by atoms with van der Waals surface area (Å²) in [7, 11) is 0. The number of nitrogens with zero attached hydrogens (tertiary/aromatic N) is 1. The molecule has 0 fully saturated rings.